The molecule has 2 fully saturated rings. The van der Waals surface area contributed by atoms with E-state index in [-0.39, 0.29) is 15.8 Å². The maximum atomic E-state index is 13.6. The number of ether oxygens (including phenoxy) is 1. The van der Waals surface area contributed by atoms with Gasteiger partial charge in [-0.25, -0.2) is 0 Å². The highest BCUT2D eigenvalue weighted by Crippen LogP contribution is 2.28. The molecule has 2 N–H and O–H groups in total. The first kappa shape index (κ1) is 25.1. The molecule has 0 aliphatic carbocycles. The van der Waals surface area contributed by atoms with E-state index in [4.69, 9.17) is 29.2 Å². The number of rotatable bonds is 4. The number of aryl methyl sites for hydroxylation is 2. The lowest BCUT2D eigenvalue weighted by molar-refractivity contribution is -0.151. The highest BCUT2D eigenvalue weighted by atomic mass is 32.1. The van der Waals surface area contributed by atoms with E-state index in [9.17, 15) is 19.2 Å². The second-order valence-corrected chi connectivity index (χ2v) is 9.10. The van der Waals surface area contributed by atoms with Crippen molar-refractivity contribution in [2.45, 2.75) is 27.0 Å². The molecule has 0 radical (unpaired) electrons. The molecule has 0 unspecified atom stereocenters. The van der Waals surface area contributed by atoms with Crippen molar-refractivity contribution in [1.82, 2.24) is 10.6 Å². The van der Waals surface area contributed by atoms with E-state index >= 15 is 0 Å². The van der Waals surface area contributed by atoms with Crippen molar-refractivity contribution in [1.29, 1.82) is 0 Å². The van der Waals surface area contributed by atoms with E-state index in [0.29, 0.717) is 11.4 Å². The number of hydrogen-bond donors (Lipinski definition) is 2. The maximum absolute atomic E-state index is 13.6. The molecular weight excluding hydrogens is 500 g/mol. The third kappa shape index (κ3) is 4.88. The Morgan fingerprint density at radius 3 is 1.94 bits per heavy atom. The van der Waals surface area contributed by atoms with Crippen LogP contribution < -0.4 is 20.4 Å². The van der Waals surface area contributed by atoms with Crippen LogP contribution in [0.5, 0.6) is 0 Å². The fraction of sp³-hybridized carbons (Fsp3) is 0.200. The van der Waals surface area contributed by atoms with E-state index in [1.54, 1.807) is 36.4 Å². The first-order valence-corrected chi connectivity index (χ1v) is 11.7. The summed E-state index contributed by atoms with van der Waals surface area (Å²) in [4.78, 5) is 54.1. The number of benzene rings is 2. The number of esters is 1. The third-order valence-corrected chi connectivity index (χ3v) is 6.21. The van der Waals surface area contributed by atoms with Crippen molar-refractivity contribution < 1.29 is 23.9 Å². The zero-order chi connectivity index (χ0) is 26.1. The molecule has 11 heteroatoms. The molecule has 2 atom stereocenters. The number of amides is 3. The molecule has 0 saturated carbocycles. The normalized spacial score (nSPS) is 21.4. The van der Waals surface area contributed by atoms with Gasteiger partial charge in [0.2, 0.25) is 5.91 Å². The second-order valence-electron chi connectivity index (χ2n) is 8.33. The van der Waals surface area contributed by atoms with Crippen LogP contribution in [0.1, 0.15) is 18.1 Å². The number of carbonyl (C=O) groups is 4. The van der Waals surface area contributed by atoms with Crippen LogP contribution in [0.2, 0.25) is 0 Å². The SMILES string of the molecule is CC(=O)O[C@H]1NC(=S)N(c2ccc(C)cc2)C(=O)[C@H]1/C=C1/C(=O)NC(=S)N(c2ccc(C)cc2)C1=O. The predicted octanol–water partition coefficient (Wildman–Crippen LogP) is 2.40. The first-order chi connectivity index (χ1) is 17.1. The Bertz CT molecular complexity index is 1320. The van der Waals surface area contributed by atoms with Gasteiger partial charge in [-0.1, -0.05) is 35.4 Å². The number of anilines is 2. The van der Waals surface area contributed by atoms with Crippen LogP contribution in [-0.4, -0.2) is 40.1 Å². The van der Waals surface area contributed by atoms with Gasteiger partial charge in [-0.05, 0) is 68.6 Å². The maximum Gasteiger partial charge on any atom is 0.304 e. The van der Waals surface area contributed by atoms with E-state index < -0.39 is 35.8 Å². The molecule has 2 saturated heterocycles. The van der Waals surface area contributed by atoms with E-state index in [1.807, 2.05) is 26.0 Å². The lowest BCUT2D eigenvalue weighted by atomic mass is 9.97. The molecule has 0 spiro atoms. The van der Waals surface area contributed by atoms with Crippen LogP contribution in [0, 0.1) is 19.8 Å². The quantitative estimate of drug-likeness (QED) is 0.273. The summed E-state index contributed by atoms with van der Waals surface area (Å²) in [5.74, 6) is -3.96. The van der Waals surface area contributed by atoms with Gasteiger partial charge in [-0.2, -0.15) is 0 Å². The molecule has 184 valence electrons. The summed E-state index contributed by atoms with van der Waals surface area (Å²) in [6, 6.07) is 14.1. The van der Waals surface area contributed by atoms with Crippen molar-refractivity contribution in [3.63, 3.8) is 0 Å². The third-order valence-electron chi connectivity index (χ3n) is 5.63. The summed E-state index contributed by atoms with van der Waals surface area (Å²) in [6.07, 6.45) is -0.0361. The van der Waals surface area contributed by atoms with E-state index in [0.717, 1.165) is 11.1 Å². The summed E-state index contributed by atoms with van der Waals surface area (Å²) in [5.41, 5.74) is 2.57. The minimum Gasteiger partial charge on any atom is -0.441 e. The van der Waals surface area contributed by atoms with Crippen LogP contribution in [-0.2, 0) is 23.9 Å². The number of thiocarbonyl (C=S) groups is 2. The Balaban J connectivity index is 1.75. The van der Waals surface area contributed by atoms with Crippen LogP contribution >= 0.6 is 24.4 Å². The standard InChI is InChI=1S/C25H22N4O5S2/c1-13-4-8-16(9-5-13)28-22(32)18(20(31)26-24(28)35)12-19-21(34-15(3)30)27-25(36)29(23(19)33)17-10-6-14(2)7-11-17/h4-12,19,21H,1-3H3,(H,27,36)(H,26,31,35)/b18-12-/t19-,21+/m0/s1. The number of nitrogens with zero attached hydrogens (tertiary/aromatic N) is 2. The van der Waals surface area contributed by atoms with Crippen molar-refractivity contribution >= 4 is 69.7 Å². The Labute approximate surface area is 218 Å². The Hall–Kier alpha value is -3.96. The average Bonchev–Trinajstić information content (AvgIpc) is 2.80. The van der Waals surface area contributed by atoms with Gasteiger partial charge in [0.15, 0.2) is 16.5 Å². The number of carbonyl (C=O) groups excluding carboxylic acids is 4. The topological polar surface area (TPSA) is 108 Å². The Kier molecular flexibility index (Phi) is 6.95. The fourth-order valence-electron chi connectivity index (χ4n) is 3.82. The summed E-state index contributed by atoms with van der Waals surface area (Å²) in [7, 11) is 0. The number of nitrogens with one attached hydrogen (secondary N) is 2. The molecule has 2 aromatic rings. The lowest BCUT2D eigenvalue weighted by Gasteiger charge is -2.38. The molecular formula is C25H22N4O5S2. The average molecular weight is 523 g/mol. The summed E-state index contributed by atoms with van der Waals surface area (Å²) in [5, 5.41) is 5.26. The molecule has 9 nitrogen and oxygen atoms in total. The highest BCUT2D eigenvalue weighted by molar-refractivity contribution is 7.80. The molecule has 0 bridgehead atoms. The fourth-order valence-corrected chi connectivity index (χ4v) is 4.41. The molecule has 2 aromatic carbocycles. The molecule has 2 heterocycles. The predicted molar refractivity (Wildman–Crippen MR) is 141 cm³/mol. The molecule has 2 aliphatic heterocycles. The van der Waals surface area contributed by atoms with Crippen molar-refractivity contribution in [2.24, 2.45) is 5.92 Å². The van der Waals surface area contributed by atoms with Crippen molar-refractivity contribution in [2.75, 3.05) is 9.80 Å². The van der Waals surface area contributed by atoms with Crippen molar-refractivity contribution in [3.8, 4) is 0 Å². The largest absolute Gasteiger partial charge is 0.441 e. The van der Waals surface area contributed by atoms with Crippen LogP contribution in [0.15, 0.2) is 60.2 Å². The summed E-state index contributed by atoms with van der Waals surface area (Å²) < 4.78 is 5.29. The molecule has 36 heavy (non-hydrogen) atoms. The van der Waals surface area contributed by atoms with Gasteiger partial charge in [0, 0.05) is 6.92 Å². The van der Waals surface area contributed by atoms with Gasteiger partial charge in [0.05, 0.1) is 11.4 Å². The molecule has 4 rings (SSSR count). The minimum absolute atomic E-state index is 0.0200. The minimum atomic E-state index is -1.24. The van der Waals surface area contributed by atoms with Gasteiger partial charge in [0.1, 0.15) is 11.5 Å². The highest BCUT2D eigenvalue weighted by Gasteiger charge is 2.43. The van der Waals surface area contributed by atoms with Gasteiger partial charge in [0.25, 0.3) is 11.8 Å². The van der Waals surface area contributed by atoms with Gasteiger partial charge in [-0.15, -0.1) is 0 Å². The van der Waals surface area contributed by atoms with E-state index in [1.165, 1.54) is 22.8 Å². The van der Waals surface area contributed by atoms with Gasteiger partial charge >= 0.3 is 5.97 Å². The molecule has 3 amide bonds. The zero-order valence-corrected chi connectivity index (χ0v) is 21.2. The summed E-state index contributed by atoms with van der Waals surface area (Å²) >= 11 is 10.6. The lowest BCUT2D eigenvalue weighted by Crippen LogP contribution is -2.61. The van der Waals surface area contributed by atoms with Gasteiger partial charge in [-0.3, -0.25) is 34.3 Å². The molecule has 2 aliphatic rings. The molecule has 0 aromatic heterocycles. The van der Waals surface area contributed by atoms with Crippen LogP contribution in [0.25, 0.3) is 0 Å². The Morgan fingerprint density at radius 2 is 1.42 bits per heavy atom. The smallest absolute Gasteiger partial charge is 0.304 e. The number of hydrogen-bond acceptors (Lipinski definition) is 7. The first-order valence-electron chi connectivity index (χ1n) is 10.9. The van der Waals surface area contributed by atoms with E-state index in [2.05, 4.69) is 10.6 Å². The van der Waals surface area contributed by atoms with Gasteiger partial charge < -0.3 is 10.1 Å². The Morgan fingerprint density at radius 1 is 0.889 bits per heavy atom. The van der Waals surface area contributed by atoms with Crippen LogP contribution in [0.4, 0.5) is 11.4 Å². The monoisotopic (exact) mass is 522 g/mol. The second kappa shape index (κ2) is 9.96. The summed E-state index contributed by atoms with van der Waals surface area (Å²) in [6.45, 7) is 4.98. The van der Waals surface area contributed by atoms with Crippen molar-refractivity contribution in [3.05, 3.63) is 71.3 Å². The zero-order valence-electron chi connectivity index (χ0n) is 19.6. The van der Waals surface area contributed by atoms with Crippen LogP contribution in [0.3, 0.4) is 0 Å².